The largest absolute Gasteiger partial charge is 0.389 e. The van der Waals surface area contributed by atoms with Crippen LogP contribution in [0.3, 0.4) is 0 Å². The molecule has 1 amide bonds. The monoisotopic (exact) mass is 356 g/mol. The van der Waals surface area contributed by atoms with Gasteiger partial charge >= 0.3 is 0 Å². The Hall–Kier alpha value is -3.01. The van der Waals surface area contributed by atoms with Gasteiger partial charge in [-0.1, -0.05) is 0 Å². The molecule has 0 spiro atoms. The Balaban J connectivity index is 1.58. The summed E-state index contributed by atoms with van der Waals surface area (Å²) in [6.07, 6.45) is 5.33. The molecule has 0 aliphatic heterocycles. The number of nitrogens with two attached hydrogens (primary N) is 1. The number of imidazole rings is 1. The van der Waals surface area contributed by atoms with E-state index in [2.05, 4.69) is 20.1 Å². The second-order valence-corrected chi connectivity index (χ2v) is 6.58. The molecule has 3 heterocycles. The first-order valence-electron chi connectivity index (χ1n) is 8.35. The van der Waals surface area contributed by atoms with Crippen molar-refractivity contribution in [3.05, 3.63) is 30.6 Å². The summed E-state index contributed by atoms with van der Waals surface area (Å²) in [5, 5.41) is 15.0. The quantitative estimate of drug-likeness (QED) is 0.675. The van der Waals surface area contributed by atoms with E-state index in [1.54, 1.807) is 42.3 Å². The van der Waals surface area contributed by atoms with Gasteiger partial charge in [-0.15, -0.1) is 0 Å². The van der Waals surface area contributed by atoms with Crippen molar-refractivity contribution in [2.75, 3.05) is 12.8 Å². The first-order chi connectivity index (χ1) is 12.5. The molecular formula is C16H20N8O2. The van der Waals surface area contributed by atoms with Gasteiger partial charge in [-0.3, -0.25) is 9.48 Å². The van der Waals surface area contributed by atoms with Gasteiger partial charge in [0, 0.05) is 20.3 Å². The fourth-order valence-electron chi connectivity index (χ4n) is 3.64. The van der Waals surface area contributed by atoms with E-state index in [1.807, 2.05) is 4.57 Å². The lowest BCUT2D eigenvalue weighted by molar-refractivity contribution is 0.0442. The lowest BCUT2D eigenvalue weighted by atomic mass is 10.1. The van der Waals surface area contributed by atoms with Crippen molar-refractivity contribution in [3.63, 3.8) is 0 Å². The van der Waals surface area contributed by atoms with Gasteiger partial charge in [0.2, 0.25) is 0 Å². The zero-order chi connectivity index (χ0) is 18.4. The molecule has 26 heavy (non-hydrogen) atoms. The topological polar surface area (TPSA) is 128 Å². The van der Waals surface area contributed by atoms with E-state index in [1.165, 1.54) is 6.33 Å². The molecular weight excluding hydrogens is 336 g/mol. The van der Waals surface area contributed by atoms with Crippen LogP contribution in [0.4, 0.5) is 5.82 Å². The van der Waals surface area contributed by atoms with Crippen LogP contribution in [0.2, 0.25) is 0 Å². The Bertz CT molecular complexity index is 964. The van der Waals surface area contributed by atoms with Gasteiger partial charge in [-0.25, -0.2) is 15.0 Å². The molecule has 1 saturated carbocycles. The van der Waals surface area contributed by atoms with E-state index >= 15 is 0 Å². The SMILES string of the molecule is CN(C(=O)c1ccn(C)n1)[C@@H]1CC[C@H](n2cnc3c(N)ncnc32)[C@H]1O. The maximum Gasteiger partial charge on any atom is 0.274 e. The van der Waals surface area contributed by atoms with Crippen molar-refractivity contribution < 1.29 is 9.90 Å². The molecule has 10 heteroatoms. The van der Waals surface area contributed by atoms with Crippen molar-refractivity contribution in [3.8, 4) is 0 Å². The average Bonchev–Trinajstić information content (AvgIpc) is 3.32. The van der Waals surface area contributed by atoms with Gasteiger partial charge in [0.1, 0.15) is 17.5 Å². The number of carbonyl (C=O) groups excluding carboxylic acids is 1. The molecule has 3 aromatic heterocycles. The van der Waals surface area contributed by atoms with Crippen LogP contribution in [-0.4, -0.2) is 64.4 Å². The van der Waals surface area contributed by atoms with Gasteiger partial charge in [-0.05, 0) is 18.9 Å². The van der Waals surface area contributed by atoms with E-state index in [4.69, 9.17) is 5.73 Å². The number of likely N-dealkylation sites (N-methyl/N-ethyl adjacent to an activating group) is 1. The molecule has 3 aromatic rings. The number of aliphatic hydroxyl groups is 1. The van der Waals surface area contributed by atoms with Crippen molar-refractivity contribution in [2.24, 2.45) is 7.05 Å². The maximum atomic E-state index is 12.6. The van der Waals surface area contributed by atoms with Gasteiger partial charge in [0.05, 0.1) is 24.5 Å². The third-order valence-corrected chi connectivity index (χ3v) is 5.04. The van der Waals surface area contributed by atoms with E-state index in [0.717, 1.165) is 0 Å². The summed E-state index contributed by atoms with van der Waals surface area (Å²) >= 11 is 0. The number of anilines is 1. The van der Waals surface area contributed by atoms with E-state index in [-0.39, 0.29) is 18.0 Å². The zero-order valence-corrected chi connectivity index (χ0v) is 14.5. The second kappa shape index (κ2) is 6.06. The van der Waals surface area contributed by atoms with Gasteiger partial charge in [-0.2, -0.15) is 5.10 Å². The molecule has 4 rings (SSSR count). The Morgan fingerprint density at radius 2 is 2.15 bits per heavy atom. The number of rotatable bonds is 3. The Morgan fingerprint density at radius 3 is 2.88 bits per heavy atom. The summed E-state index contributed by atoms with van der Waals surface area (Å²) < 4.78 is 3.40. The predicted octanol–water partition coefficient (Wildman–Crippen LogP) is -0.0214. The van der Waals surface area contributed by atoms with Crippen LogP contribution < -0.4 is 5.73 Å². The summed E-state index contributed by atoms with van der Waals surface area (Å²) in [6, 6.07) is 1.12. The van der Waals surface area contributed by atoms with Crippen molar-refractivity contribution >= 4 is 22.9 Å². The van der Waals surface area contributed by atoms with Crippen molar-refractivity contribution in [1.82, 2.24) is 34.2 Å². The minimum Gasteiger partial charge on any atom is -0.389 e. The molecule has 1 aliphatic rings. The van der Waals surface area contributed by atoms with Crippen molar-refractivity contribution in [2.45, 2.75) is 31.0 Å². The summed E-state index contributed by atoms with van der Waals surface area (Å²) in [7, 11) is 3.45. The number of aryl methyl sites for hydroxylation is 1. The fraction of sp³-hybridized carbons (Fsp3) is 0.438. The molecule has 0 bridgehead atoms. The number of amides is 1. The number of nitrogens with zero attached hydrogens (tertiary/aromatic N) is 7. The molecule has 0 aromatic carbocycles. The number of nitrogen functional groups attached to an aromatic ring is 1. The Morgan fingerprint density at radius 1 is 1.35 bits per heavy atom. The summed E-state index contributed by atoms with van der Waals surface area (Å²) in [5.41, 5.74) is 7.29. The van der Waals surface area contributed by atoms with E-state index in [0.29, 0.717) is 35.5 Å². The first kappa shape index (κ1) is 16.5. The maximum absolute atomic E-state index is 12.6. The summed E-state index contributed by atoms with van der Waals surface area (Å²) in [5.74, 6) is 0.0950. The number of fused-ring (bicyclic) bond motifs is 1. The molecule has 0 unspecified atom stereocenters. The number of aromatic nitrogens is 6. The smallest absolute Gasteiger partial charge is 0.274 e. The fourth-order valence-corrected chi connectivity index (χ4v) is 3.64. The predicted molar refractivity (Wildman–Crippen MR) is 93.1 cm³/mol. The number of hydrogen-bond donors (Lipinski definition) is 2. The Kier molecular flexibility index (Phi) is 3.83. The lowest BCUT2D eigenvalue weighted by Gasteiger charge is -2.28. The highest BCUT2D eigenvalue weighted by Crippen LogP contribution is 2.35. The van der Waals surface area contributed by atoms with Gasteiger partial charge in [0.15, 0.2) is 11.5 Å². The van der Waals surface area contributed by atoms with Crippen LogP contribution >= 0.6 is 0 Å². The minimum absolute atomic E-state index is 0.211. The van der Waals surface area contributed by atoms with E-state index in [9.17, 15) is 9.90 Å². The third kappa shape index (κ3) is 2.49. The van der Waals surface area contributed by atoms with Crippen LogP contribution in [0.5, 0.6) is 0 Å². The van der Waals surface area contributed by atoms with Crippen molar-refractivity contribution in [1.29, 1.82) is 0 Å². The summed E-state index contributed by atoms with van der Waals surface area (Å²) in [4.78, 5) is 26.6. The minimum atomic E-state index is -0.749. The van der Waals surface area contributed by atoms with Gasteiger partial charge in [0.25, 0.3) is 5.91 Å². The van der Waals surface area contributed by atoms with Crippen LogP contribution in [0.15, 0.2) is 24.9 Å². The normalized spacial score (nSPS) is 22.8. The van der Waals surface area contributed by atoms with E-state index < -0.39 is 6.10 Å². The van der Waals surface area contributed by atoms with Crippen LogP contribution in [-0.2, 0) is 7.05 Å². The molecule has 10 nitrogen and oxygen atoms in total. The third-order valence-electron chi connectivity index (χ3n) is 5.04. The number of hydrogen-bond acceptors (Lipinski definition) is 7. The Labute approximate surface area is 149 Å². The molecule has 0 saturated heterocycles. The molecule has 0 radical (unpaired) electrons. The van der Waals surface area contributed by atoms with Crippen LogP contribution in [0.25, 0.3) is 11.2 Å². The lowest BCUT2D eigenvalue weighted by Crippen LogP contribution is -2.43. The number of aliphatic hydroxyl groups excluding tert-OH is 1. The first-order valence-corrected chi connectivity index (χ1v) is 8.35. The molecule has 1 fully saturated rings. The second-order valence-electron chi connectivity index (χ2n) is 6.58. The molecule has 136 valence electrons. The average molecular weight is 356 g/mol. The number of carbonyl (C=O) groups is 1. The molecule has 3 atom stereocenters. The summed E-state index contributed by atoms with van der Waals surface area (Å²) in [6.45, 7) is 0. The van der Waals surface area contributed by atoms with Crippen LogP contribution in [0, 0.1) is 0 Å². The highest BCUT2D eigenvalue weighted by atomic mass is 16.3. The zero-order valence-electron chi connectivity index (χ0n) is 14.5. The molecule has 3 N–H and O–H groups in total. The van der Waals surface area contributed by atoms with Gasteiger partial charge < -0.3 is 20.3 Å². The van der Waals surface area contributed by atoms with Crippen LogP contribution in [0.1, 0.15) is 29.4 Å². The molecule has 1 aliphatic carbocycles. The highest BCUT2D eigenvalue weighted by Gasteiger charge is 2.40. The highest BCUT2D eigenvalue weighted by molar-refractivity contribution is 5.92. The standard InChI is InChI=1S/C16H20N8O2/c1-22-6-5-9(21-22)16(26)23(2)10-3-4-11(13(10)25)24-8-20-12-14(17)18-7-19-15(12)24/h5-8,10-11,13,25H,3-4H2,1-2H3,(H2,17,18,19)/t10-,11+,13+/m1/s1.